The standard InChI is InChI=1S/C12H16N2O2S/c13-9-11-3-5-12(6-4-11)10-14-7-1-2-8-17(15)16/h3-6,14H,1-2,7-8,10H2,(H,15,16)/p-1. The molecule has 92 valence electrons. The van der Waals surface area contributed by atoms with E-state index in [1.165, 1.54) is 0 Å². The van der Waals surface area contributed by atoms with E-state index in [0.29, 0.717) is 12.0 Å². The summed E-state index contributed by atoms with van der Waals surface area (Å²) < 4.78 is 20.5. The van der Waals surface area contributed by atoms with Gasteiger partial charge in [0.05, 0.1) is 11.6 Å². The molecule has 0 radical (unpaired) electrons. The van der Waals surface area contributed by atoms with Crippen molar-refractivity contribution in [1.82, 2.24) is 5.32 Å². The molecule has 0 saturated heterocycles. The highest BCUT2D eigenvalue weighted by atomic mass is 32.2. The molecule has 4 nitrogen and oxygen atoms in total. The number of rotatable bonds is 7. The van der Waals surface area contributed by atoms with Crippen LogP contribution in [0.2, 0.25) is 0 Å². The predicted molar refractivity (Wildman–Crippen MR) is 65.9 cm³/mol. The Kier molecular flexibility index (Phi) is 6.48. The molecule has 0 heterocycles. The van der Waals surface area contributed by atoms with E-state index < -0.39 is 11.1 Å². The monoisotopic (exact) mass is 251 g/mol. The molecular weight excluding hydrogens is 236 g/mol. The highest BCUT2D eigenvalue weighted by Crippen LogP contribution is 2.02. The average Bonchev–Trinajstić information content (AvgIpc) is 2.34. The van der Waals surface area contributed by atoms with Gasteiger partial charge in [0.25, 0.3) is 0 Å². The Bertz CT molecular complexity index is 398. The van der Waals surface area contributed by atoms with Crippen LogP contribution >= 0.6 is 0 Å². The van der Waals surface area contributed by atoms with Crippen molar-refractivity contribution in [3.05, 3.63) is 35.4 Å². The fraction of sp³-hybridized carbons (Fsp3) is 0.417. The molecule has 0 bridgehead atoms. The lowest BCUT2D eigenvalue weighted by molar-refractivity contribution is 0.532. The topological polar surface area (TPSA) is 76.0 Å². The fourth-order valence-corrected chi connectivity index (χ4v) is 1.84. The van der Waals surface area contributed by atoms with Crippen LogP contribution < -0.4 is 5.32 Å². The second-order valence-electron chi connectivity index (χ2n) is 3.70. The Morgan fingerprint density at radius 1 is 1.29 bits per heavy atom. The minimum absolute atomic E-state index is 0.235. The molecule has 5 heteroatoms. The first kappa shape index (κ1) is 13.8. The van der Waals surface area contributed by atoms with Crippen LogP contribution in [-0.4, -0.2) is 21.1 Å². The normalized spacial score (nSPS) is 12.0. The SMILES string of the molecule is N#Cc1ccc(CNCCCCS(=O)[O-])cc1. The molecule has 1 rings (SSSR count). The average molecular weight is 251 g/mol. The number of unbranched alkanes of at least 4 members (excludes halogenated alkanes) is 1. The first-order valence-corrected chi connectivity index (χ1v) is 6.72. The molecule has 1 N–H and O–H groups in total. The van der Waals surface area contributed by atoms with Crippen LogP contribution in [0.1, 0.15) is 24.0 Å². The number of hydrogen-bond donors (Lipinski definition) is 1. The van der Waals surface area contributed by atoms with Gasteiger partial charge in [-0.3, -0.25) is 4.21 Å². The number of hydrogen-bond acceptors (Lipinski definition) is 4. The number of nitrogens with zero attached hydrogens (tertiary/aromatic N) is 1. The van der Waals surface area contributed by atoms with Gasteiger partial charge in [-0.25, -0.2) is 0 Å². The van der Waals surface area contributed by atoms with E-state index in [1.54, 1.807) is 12.1 Å². The van der Waals surface area contributed by atoms with Crippen LogP contribution in [-0.2, 0) is 17.6 Å². The maximum absolute atomic E-state index is 10.3. The van der Waals surface area contributed by atoms with Gasteiger partial charge in [0.15, 0.2) is 0 Å². The molecular formula is C12H15N2O2S-. The largest absolute Gasteiger partial charge is 0.772 e. The van der Waals surface area contributed by atoms with Gasteiger partial charge in [-0.2, -0.15) is 5.26 Å². The third-order valence-electron chi connectivity index (χ3n) is 2.33. The number of benzene rings is 1. The molecule has 0 amide bonds. The maximum atomic E-state index is 10.3. The van der Waals surface area contributed by atoms with Crippen LogP contribution in [0, 0.1) is 11.3 Å². The van der Waals surface area contributed by atoms with Gasteiger partial charge >= 0.3 is 0 Å². The third-order valence-corrected chi connectivity index (χ3v) is 2.95. The summed E-state index contributed by atoms with van der Waals surface area (Å²) in [6.07, 6.45) is 1.54. The van der Waals surface area contributed by atoms with Crippen molar-refractivity contribution in [3.63, 3.8) is 0 Å². The summed E-state index contributed by atoms with van der Waals surface area (Å²) in [6, 6.07) is 9.48. The lowest BCUT2D eigenvalue weighted by atomic mass is 10.1. The van der Waals surface area contributed by atoms with Crippen molar-refractivity contribution in [2.24, 2.45) is 0 Å². The van der Waals surface area contributed by atoms with Crippen LogP contribution in [0.4, 0.5) is 0 Å². The molecule has 1 aromatic rings. The van der Waals surface area contributed by atoms with Crippen molar-refractivity contribution in [3.8, 4) is 6.07 Å². The van der Waals surface area contributed by atoms with E-state index in [9.17, 15) is 8.76 Å². The molecule has 1 unspecified atom stereocenters. The van der Waals surface area contributed by atoms with E-state index >= 15 is 0 Å². The summed E-state index contributed by atoms with van der Waals surface area (Å²) in [5.41, 5.74) is 1.78. The Morgan fingerprint density at radius 3 is 2.59 bits per heavy atom. The second kappa shape index (κ2) is 7.96. The van der Waals surface area contributed by atoms with Gasteiger partial charge in [0.2, 0.25) is 0 Å². The number of nitriles is 1. The van der Waals surface area contributed by atoms with Crippen LogP contribution in [0.3, 0.4) is 0 Å². The quantitative estimate of drug-likeness (QED) is 0.585. The minimum Gasteiger partial charge on any atom is -0.772 e. The smallest absolute Gasteiger partial charge is 0.0991 e. The van der Waals surface area contributed by atoms with Gasteiger partial charge in [0, 0.05) is 12.3 Å². The molecule has 0 aromatic heterocycles. The minimum atomic E-state index is -1.92. The maximum Gasteiger partial charge on any atom is 0.0991 e. The number of nitrogens with one attached hydrogen (secondary N) is 1. The van der Waals surface area contributed by atoms with Crippen molar-refractivity contribution in [2.75, 3.05) is 12.3 Å². The van der Waals surface area contributed by atoms with Crippen molar-refractivity contribution in [1.29, 1.82) is 5.26 Å². The zero-order chi connectivity index (χ0) is 12.5. The zero-order valence-electron chi connectivity index (χ0n) is 9.52. The van der Waals surface area contributed by atoms with Gasteiger partial charge in [-0.05, 0) is 37.1 Å². The second-order valence-corrected chi connectivity index (χ2v) is 4.72. The van der Waals surface area contributed by atoms with Crippen molar-refractivity contribution in [2.45, 2.75) is 19.4 Å². The Hall–Kier alpha value is -1.22. The molecule has 0 aliphatic carbocycles. The first-order valence-electron chi connectivity index (χ1n) is 5.48. The van der Waals surface area contributed by atoms with Gasteiger partial charge in [-0.1, -0.05) is 23.2 Å². The summed E-state index contributed by atoms with van der Waals surface area (Å²) in [6.45, 7) is 1.55. The molecule has 17 heavy (non-hydrogen) atoms. The van der Waals surface area contributed by atoms with Crippen molar-refractivity contribution < 1.29 is 8.76 Å². The summed E-state index contributed by atoms with van der Waals surface area (Å²) in [5.74, 6) is 0.235. The van der Waals surface area contributed by atoms with E-state index in [2.05, 4.69) is 11.4 Å². The molecule has 0 aliphatic heterocycles. The highest BCUT2D eigenvalue weighted by molar-refractivity contribution is 7.79. The van der Waals surface area contributed by atoms with Gasteiger partial charge in [-0.15, -0.1) is 0 Å². The molecule has 0 aliphatic rings. The molecule has 0 fully saturated rings. The lowest BCUT2D eigenvalue weighted by Crippen LogP contribution is -2.15. The fourth-order valence-electron chi connectivity index (χ4n) is 1.40. The van der Waals surface area contributed by atoms with Crippen LogP contribution in [0.25, 0.3) is 0 Å². The Labute approximate surface area is 104 Å². The molecule has 1 aromatic carbocycles. The molecule has 0 spiro atoms. The highest BCUT2D eigenvalue weighted by Gasteiger charge is 1.94. The van der Waals surface area contributed by atoms with E-state index in [-0.39, 0.29) is 5.75 Å². The predicted octanol–water partition coefficient (Wildman–Crippen LogP) is 1.31. The van der Waals surface area contributed by atoms with Crippen LogP contribution in [0.15, 0.2) is 24.3 Å². The Balaban J connectivity index is 2.14. The third kappa shape index (κ3) is 6.17. The lowest BCUT2D eigenvalue weighted by Gasteiger charge is -2.06. The van der Waals surface area contributed by atoms with E-state index in [4.69, 9.17) is 5.26 Å². The van der Waals surface area contributed by atoms with Crippen molar-refractivity contribution >= 4 is 11.1 Å². The van der Waals surface area contributed by atoms with Gasteiger partial charge in [0.1, 0.15) is 0 Å². The van der Waals surface area contributed by atoms with Gasteiger partial charge < -0.3 is 9.87 Å². The zero-order valence-corrected chi connectivity index (χ0v) is 10.3. The van der Waals surface area contributed by atoms with E-state index in [1.807, 2.05) is 12.1 Å². The summed E-state index contributed by atoms with van der Waals surface area (Å²) in [7, 11) is 0. The first-order chi connectivity index (χ1) is 8.22. The van der Waals surface area contributed by atoms with Crippen LogP contribution in [0.5, 0.6) is 0 Å². The van der Waals surface area contributed by atoms with E-state index in [0.717, 1.165) is 25.1 Å². The summed E-state index contributed by atoms with van der Waals surface area (Å²) in [4.78, 5) is 0. The molecule has 0 saturated carbocycles. The Morgan fingerprint density at radius 2 is 2.00 bits per heavy atom. The summed E-state index contributed by atoms with van der Waals surface area (Å²) in [5, 5.41) is 11.9. The summed E-state index contributed by atoms with van der Waals surface area (Å²) >= 11 is -1.92. The molecule has 1 atom stereocenters.